The Morgan fingerprint density at radius 2 is 2.60 bits per heavy atom. The van der Waals surface area contributed by atoms with Crippen LogP contribution in [-0.4, -0.2) is 24.2 Å². The van der Waals surface area contributed by atoms with E-state index in [-0.39, 0.29) is 0 Å². The second-order valence-electron chi connectivity index (χ2n) is 1.84. The maximum Gasteiger partial charge on any atom is 0.508 e. The fraction of sp³-hybridized carbons (Fsp3) is 0.500. The molecule has 10 heavy (non-hydrogen) atoms. The van der Waals surface area contributed by atoms with Crippen LogP contribution in [0.25, 0.3) is 0 Å². The van der Waals surface area contributed by atoms with Crippen LogP contribution in [-0.2, 0) is 9.47 Å². The van der Waals surface area contributed by atoms with Crippen LogP contribution in [0.15, 0.2) is 12.2 Å². The van der Waals surface area contributed by atoms with Crippen molar-refractivity contribution in [1.29, 1.82) is 0 Å². The number of carbonyl (C=O) groups is 1. The van der Waals surface area contributed by atoms with Crippen LogP contribution in [0.5, 0.6) is 0 Å². The zero-order valence-electron chi connectivity index (χ0n) is 5.32. The lowest BCUT2D eigenvalue weighted by molar-refractivity contribution is -0.0898. The summed E-state index contributed by atoms with van der Waals surface area (Å²) in [6, 6.07) is 0. The first kappa shape index (κ1) is 7.08. The van der Waals surface area contributed by atoms with Gasteiger partial charge < -0.3 is 14.6 Å². The van der Waals surface area contributed by atoms with Crippen molar-refractivity contribution in [2.45, 2.75) is 12.7 Å². The summed E-state index contributed by atoms with van der Waals surface area (Å²) >= 11 is 0. The summed E-state index contributed by atoms with van der Waals surface area (Å²) in [6.07, 6.45) is 2.22. The Balaban J connectivity index is 2.33. The van der Waals surface area contributed by atoms with Gasteiger partial charge in [-0.15, -0.1) is 0 Å². The van der Waals surface area contributed by atoms with Gasteiger partial charge in [0, 0.05) is 0 Å². The molecule has 0 aliphatic carbocycles. The summed E-state index contributed by atoms with van der Waals surface area (Å²) in [5, 5.41) is 8.13. The largest absolute Gasteiger partial charge is 0.508 e. The van der Waals surface area contributed by atoms with Crippen LogP contribution in [0.1, 0.15) is 6.42 Å². The minimum absolute atomic E-state index is 0.522. The zero-order chi connectivity index (χ0) is 7.40. The molecule has 0 saturated carbocycles. The van der Waals surface area contributed by atoms with Crippen LogP contribution in [0.4, 0.5) is 4.79 Å². The van der Waals surface area contributed by atoms with Crippen LogP contribution >= 0.6 is 0 Å². The first-order valence-corrected chi connectivity index (χ1v) is 2.97. The van der Waals surface area contributed by atoms with Crippen molar-refractivity contribution in [2.75, 3.05) is 6.61 Å². The average Bonchev–Trinajstić information content (AvgIpc) is 1.88. The second kappa shape index (κ2) is 3.22. The highest BCUT2D eigenvalue weighted by molar-refractivity contribution is 5.57. The molecule has 56 valence electrons. The Bertz CT molecular complexity index is 152. The minimum Gasteiger partial charge on any atom is -0.450 e. The molecule has 0 aromatic heterocycles. The van der Waals surface area contributed by atoms with Gasteiger partial charge in [-0.1, -0.05) is 6.08 Å². The van der Waals surface area contributed by atoms with E-state index in [1.807, 2.05) is 6.08 Å². The molecule has 0 aromatic rings. The normalized spacial score (nSPS) is 24.2. The van der Waals surface area contributed by atoms with Crippen molar-refractivity contribution in [2.24, 2.45) is 0 Å². The highest BCUT2D eigenvalue weighted by Crippen LogP contribution is 2.05. The summed E-state index contributed by atoms with van der Waals surface area (Å²) < 4.78 is 9.20. The Morgan fingerprint density at radius 3 is 3.10 bits per heavy atom. The van der Waals surface area contributed by atoms with Gasteiger partial charge in [0.25, 0.3) is 0 Å². The number of rotatable bonds is 1. The molecule has 0 bridgehead atoms. The Labute approximate surface area is 58.1 Å². The molecular formula is C6H8O4. The van der Waals surface area contributed by atoms with E-state index in [1.165, 1.54) is 0 Å². The van der Waals surface area contributed by atoms with Crippen molar-refractivity contribution < 1.29 is 19.4 Å². The SMILES string of the molecule is O=C(O)OC1C=CCCO1. The summed E-state index contributed by atoms with van der Waals surface area (Å²) in [6.45, 7) is 0.522. The van der Waals surface area contributed by atoms with Crippen LogP contribution < -0.4 is 0 Å². The van der Waals surface area contributed by atoms with Gasteiger partial charge in [-0.3, -0.25) is 0 Å². The van der Waals surface area contributed by atoms with E-state index in [9.17, 15) is 4.79 Å². The van der Waals surface area contributed by atoms with E-state index in [0.717, 1.165) is 6.42 Å². The van der Waals surface area contributed by atoms with E-state index in [1.54, 1.807) is 6.08 Å². The monoisotopic (exact) mass is 144 g/mol. The molecule has 1 rings (SSSR count). The lowest BCUT2D eigenvalue weighted by Gasteiger charge is -2.15. The lowest BCUT2D eigenvalue weighted by atomic mass is 10.3. The van der Waals surface area contributed by atoms with E-state index in [2.05, 4.69) is 4.74 Å². The van der Waals surface area contributed by atoms with Gasteiger partial charge in [-0.2, -0.15) is 0 Å². The minimum atomic E-state index is -1.31. The van der Waals surface area contributed by atoms with Crippen LogP contribution in [0.3, 0.4) is 0 Å². The van der Waals surface area contributed by atoms with E-state index in [0.29, 0.717) is 6.61 Å². The predicted molar refractivity (Wildman–Crippen MR) is 32.6 cm³/mol. The fourth-order valence-electron chi connectivity index (χ4n) is 0.688. The van der Waals surface area contributed by atoms with Crippen LogP contribution in [0.2, 0.25) is 0 Å². The molecule has 0 spiro atoms. The first-order valence-electron chi connectivity index (χ1n) is 2.97. The van der Waals surface area contributed by atoms with Crippen LogP contribution in [0, 0.1) is 0 Å². The molecule has 1 heterocycles. The molecule has 1 unspecified atom stereocenters. The molecule has 1 atom stereocenters. The second-order valence-corrected chi connectivity index (χ2v) is 1.84. The van der Waals surface area contributed by atoms with Crippen molar-refractivity contribution in [3.63, 3.8) is 0 Å². The summed E-state index contributed by atoms with van der Waals surface area (Å²) in [5.41, 5.74) is 0. The molecule has 4 heteroatoms. The van der Waals surface area contributed by atoms with E-state index in [4.69, 9.17) is 9.84 Å². The zero-order valence-corrected chi connectivity index (χ0v) is 5.32. The highest BCUT2D eigenvalue weighted by atomic mass is 16.8. The highest BCUT2D eigenvalue weighted by Gasteiger charge is 2.11. The van der Waals surface area contributed by atoms with Gasteiger partial charge in [0.1, 0.15) is 0 Å². The third kappa shape index (κ3) is 2.06. The molecular weight excluding hydrogens is 136 g/mol. The molecule has 1 aliphatic rings. The van der Waals surface area contributed by atoms with Gasteiger partial charge in [0.2, 0.25) is 6.29 Å². The van der Waals surface area contributed by atoms with Crippen molar-refractivity contribution in [3.05, 3.63) is 12.2 Å². The van der Waals surface area contributed by atoms with E-state index < -0.39 is 12.4 Å². The molecule has 0 saturated heterocycles. The van der Waals surface area contributed by atoms with E-state index >= 15 is 0 Å². The third-order valence-corrected chi connectivity index (χ3v) is 1.08. The Kier molecular flexibility index (Phi) is 2.28. The predicted octanol–water partition coefficient (Wildman–Crippen LogP) is 0.984. The molecule has 1 aliphatic heterocycles. The lowest BCUT2D eigenvalue weighted by Crippen LogP contribution is -2.20. The summed E-state index contributed by atoms with van der Waals surface area (Å²) in [4.78, 5) is 9.93. The van der Waals surface area contributed by atoms with Crippen molar-refractivity contribution >= 4 is 6.16 Å². The molecule has 0 radical (unpaired) electrons. The van der Waals surface area contributed by atoms with Crippen molar-refractivity contribution in [1.82, 2.24) is 0 Å². The first-order chi connectivity index (χ1) is 4.79. The quantitative estimate of drug-likeness (QED) is 0.440. The smallest absolute Gasteiger partial charge is 0.450 e. The van der Waals surface area contributed by atoms with Crippen molar-refractivity contribution in [3.8, 4) is 0 Å². The maximum atomic E-state index is 9.93. The molecule has 0 fully saturated rings. The average molecular weight is 144 g/mol. The number of ether oxygens (including phenoxy) is 2. The molecule has 0 aromatic carbocycles. The standard InChI is InChI=1S/C6H8O4/c7-6(8)10-5-3-1-2-4-9-5/h1,3,5H,2,4H2,(H,7,8). The maximum absolute atomic E-state index is 9.93. The molecule has 4 nitrogen and oxygen atoms in total. The summed E-state index contributed by atoms with van der Waals surface area (Å²) in [5.74, 6) is 0. The molecule has 0 amide bonds. The van der Waals surface area contributed by atoms with Gasteiger partial charge in [0.05, 0.1) is 6.61 Å². The van der Waals surface area contributed by atoms with Gasteiger partial charge >= 0.3 is 6.16 Å². The third-order valence-electron chi connectivity index (χ3n) is 1.08. The number of hydrogen-bond donors (Lipinski definition) is 1. The Morgan fingerprint density at radius 1 is 1.80 bits per heavy atom. The van der Waals surface area contributed by atoms with Gasteiger partial charge in [-0.05, 0) is 12.5 Å². The molecule has 1 N–H and O–H groups in total. The Hall–Kier alpha value is -1.03. The van der Waals surface area contributed by atoms with Gasteiger partial charge in [0.15, 0.2) is 0 Å². The summed E-state index contributed by atoms with van der Waals surface area (Å²) in [7, 11) is 0. The topological polar surface area (TPSA) is 55.8 Å². The van der Waals surface area contributed by atoms with Gasteiger partial charge in [-0.25, -0.2) is 4.79 Å². The fourth-order valence-corrected chi connectivity index (χ4v) is 0.688. The number of hydrogen-bond acceptors (Lipinski definition) is 3. The number of carboxylic acid groups (broad SMARTS) is 1.